The molecular formula is C9H14ClN3OS. The molecule has 0 fully saturated rings. The van der Waals surface area contributed by atoms with Crippen LogP contribution < -0.4 is 11.3 Å². The highest BCUT2D eigenvalue weighted by Crippen LogP contribution is 2.08. The molecule has 1 aromatic heterocycles. The Bertz CT molecular complexity index is 380. The summed E-state index contributed by atoms with van der Waals surface area (Å²) in [5.41, 5.74) is 5.26. The highest BCUT2D eigenvalue weighted by Gasteiger charge is 2.05. The maximum absolute atomic E-state index is 11.6. The predicted molar refractivity (Wildman–Crippen MR) is 65.5 cm³/mol. The van der Waals surface area contributed by atoms with Crippen molar-refractivity contribution in [2.45, 2.75) is 19.9 Å². The number of nitrogen functional groups attached to an aromatic ring is 1. The second-order valence-corrected chi connectivity index (χ2v) is 4.75. The third kappa shape index (κ3) is 3.43. The van der Waals surface area contributed by atoms with Crippen LogP contribution in [0.5, 0.6) is 0 Å². The largest absolute Gasteiger partial charge is 0.392 e. The Kier molecular flexibility index (Phi) is 4.98. The Morgan fingerprint density at radius 2 is 2.40 bits per heavy atom. The van der Waals surface area contributed by atoms with Crippen molar-refractivity contribution in [3.63, 3.8) is 0 Å². The molecule has 6 heteroatoms. The number of aryl methyl sites for hydroxylation is 1. The lowest BCUT2D eigenvalue weighted by Gasteiger charge is -2.05. The lowest BCUT2D eigenvalue weighted by atomic mass is 10.4. The second kappa shape index (κ2) is 6.02. The van der Waals surface area contributed by atoms with Gasteiger partial charge in [-0.1, -0.05) is 18.5 Å². The molecular weight excluding hydrogens is 234 g/mol. The average molecular weight is 248 g/mol. The van der Waals surface area contributed by atoms with Gasteiger partial charge in [0.1, 0.15) is 5.69 Å². The summed E-state index contributed by atoms with van der Waals surface area (Å²) in [6.07, 6.45) is 2.37. The maximum Gasteiger partial charge on any atom is 0.278 e. The number of nitrogens with zero attached hydrogens (tertiary/aromatic N) is 2. The Hall–Kier alpha value is -0.680. The van der Waals surface area contributed by atoms with Gasteiger partial charge in [-0.25, -0.2) is 4.98 Å². The third-order valence-electron chi connectivity index (χ3n) is 1.92. The summed E-state index contributed by atoms with van der Waals surface area (Å²) >= 11 is 7.46. The van der Waals surface area contributed by atoms with E-state index in [-0.39, 0.29) is 16.4 Å². The van der Waals surface area contributed by atoms with E-state index in [1.807, 2.05) is 11.8 Å². The molecule has 1 rings (SSSR count). The molecule has 0 atom stereocenters. The minimum atomic E-state index is -0.253. The molecule has 0 bridgehead atoms. The van der Waals surface area contributed by atoms with Crippen molar-refractivity contribution >= 4 is 29.1 Å². The zero-order valence-electron chi connectivity index (χ0n) is 8.57. The number of hydrogen-bond donors (Lipinski definition) is 1. The normalized spacial score (nSPS) is 10.5. The monoisotopic (exact) mass is 247 g/mol. The minimum absolute atomic E-state index is 0.0299. The summed E-state index contributed by atoms with van der Waals surface area (Å²) in [6.45, 7) is 2.75. The number of nitrogens with two attached hydrogens (primary N) is 1. The van der Waals surface area contributed by atoms with E-state index in [1.54, 1.807) is 0 Å². The van der Waals surface area contributed by atoms with Crippen LogP contribution >= 0.6 is 23.4 Å². The topological polar surface area (TPSA) is 60.9 Å². The summed E-state index contributed by atoms with van der Waals surface area (Å²) in [5.74, 6) is 2.13. The number of halogens is 1. The van der Waals surface area contributed by atoms with Gasteiger partial charge in [0.15, 0.2) is 5.15 Å². The molecule has 0 unspecified atom stereocenters. The van der Waals surface area contributed by atoms with E-state index in [2.05, 4.69) is 11.9 Å². The summed E-state index contributed by atoms with van der Waals surface area (Å²) in [5, 5.41) is 0.0826. The molecule has 0 spiro atoms. The molecule has 2 N–H and O–H groups in total. The SMILES string of the molecule is CCSCCCn1cnc(Cl)c(N)c1=O. The van der Waals surface area contributed by atoms with E-state index in [0.29, 0.717) is 6.54 Å². The fraction of sp³-hybridized carbons (Fsp3) is 0.556. The summed E-state index contributed by atoms with van der Waals surface area (Å²) in [7, 11) is 0. The van der Waals surface area contributed by atoms with E-state index >= 15 is 0 Å². The molecule has 0 aliphatic rings. The van der Waals surface area contributed by atoms with Gasteiger partial charge in [-0.05, 0) is 17.9 Å². The zero-order valence-corrected chi connectivity index (χ0v) is 10.1. The van der Waals surface area contributed by atoms with Crippen LogP contribution in [0.4, 0.5) is 5.69 Å². The quantitative estimate of drug-likeness (QED) is 0.635. The van der Waals surface area contributed by atoms with Crippen molar-refractivity contribution < 1.29 is 0 Å². The van der Waals surface area contributed by atoms with Gasteiger partial charge in [0.05, 0.1) is 6.33 Å². The third-order valence-corrected chi connectivity index (χ3v) is 3.20. The van der Waals surface area contributed by atoms with Gasteiger partial charge in [0.25, 0.3) is 5.56 Å². The second-order valence-electron chi connectivity index (χ2n) is 3.00. The molecule has 1 aromatic rings. The van der Waals surface area contributed by atoms with Crippen molar-refractivity contribution in [2.24, 2.45) is 0 Å². The van der Waals surface area contributed by atoms with Crippen LogP contribution in [0.2, 0.25) is 5.15 Å². The fourth-order valence-electron chi connectivity index (χ4n) is 1.13. The van der Waals surface area contributed by atoms with Crippen molar-refractivity contribution in [1.29, 1.82) is 0 Å². The van der Waals surface area contributed by atoms with Crippen LogP contribution in [0.15, 0.2) is 11.1 Å². The van der Waals surface area contributed by atoms with Gasteiger partial charge in [-0.3, -0.25) is 9.36 Å². The maximum atomic E-state index is 11.6. The fourth-order valence-corrected chi connectivity index (χ4v) is 1.87. The molecule has 0 saturated carbocycles. The number of aromatic nitrogens is 2. The molecule has 0 amide bonds. The zero-order chi connectivity index (χ0) is 11.3. The van der Waals surface area contributed by atoms with Crippen LogP contribution in [0.1, 0.15) is 13.3 Å². The van der Waals surface area contributed by atoms with Gasteiger partial charge in [-0.15, -0.1) is 0 Å². The van der Waals surface area contributed by atoms with Gasteiger partial charge >= 0.3 is 0 Å². The van der Waals surface area contributed by atoms with Crippen molar-refractivity contribution in [3.05, 3.63) is 21.8 Å². The summed E-state index contributed by atoms with van der Waals surface area (Å²) in [6, 6.07) is 0. The van der Waals surface area contributed by atoms with E-state index < -0.39 is 0 Å². The highest BCUT2D eigenvalue weighted by molar-refractivity contribution is 7.99. The van der Waals surface area contributed by atoms with E-state index in [9.17, 15) is 4.79 Å². The molecule has 1 heterocycles. The lowest BCUT2D eigenvalue weighted by molar-refractivity contribution is 0.647. The molecule has 0 radical (unpaired) electrons. The van der Waals surface area contributed by atoms with Crippen molar-refractivity contribution in [3.8, 4) is 0 Å². The molecule has 4 nitrogen and oxygen atoms in total. The number of thioether (sulfide) groups is 1. The molecule has 0 aliphatic heterocycles. The molecule has 0 aliphatic carbocycles. The van der Waals surface area contributed by atoms with E-state index in [4.69, 9.17) is 17.3 Å². The minimum Gasteiger partial charge on any atom is -0.392 e. The Morgan fingerprint density at radius 1 is 1.67 bits per heavy atom. The van der Waals surface area contributed by atoms with Gasteiger partial charge < -0.3 is 5.73 Å². The number of anilines is 1. The highest BCUT2D eigenvalue weighted by atomic mass is 35.5. The first-order valence-corrected chi connectivity index (χ1v) is 6.28. The molecule has 84 valence electrons. The van der Waals surface area contributed by atoms with Crippen LogP contribution in [0, 0.1) is 0 Å². The lowest BCUT2D eigenvalue weighted by Crippen LogP contribution is -2.24. The Morgan fingerprint density at radius 3 is 3.07 bits per heavy atom. The summed E-state index contributed by atoms with van der Waals surface area (Å²) in [4.78, 5) is 15.4. The first kappa shape index (κ1) is 12.4. The first-order valence-electron chi connectivity index (χ1n) is 4.75. The smallest absolute Gasteiger partial charge is 0.278 e. The first-order chi connectivity index (χ1) is 7.16. The van der Waals surface area contributed by atoms with Gasteiger partial charge in [-0.2, -0.15) is 11.8 Å². The van der Waals surface area contributed by atoms with Gasteiger partial charge in [0.2, 0.25) is 0 Å². The predicted octanol–water partition coefficient (Wildman–Crippen LogP) is 1.62. The van der Waals surface area contributed by atoms with E-state index in [1.165, 1.54) is 10.9 Å². The Labute approximate surface area is 97.8 Å². The van der Waals surface area contributed by atoms with Gasteiger partial charge in [0, 0.05) is 6.54 Å². The molecule has 0 saturated heterocycles. The van der Waals surface area contributed by atoms with Crippen LogP contribution in [0.25, 0.3) is 0 Å². The van der Waals surface area contributed by atoms with Crippen molar-refractivity contribution in [2.75, 3.05) is 17.2 Å². The molecule has 0 aromatic carbocycles. The average Bonchev–Trinajstić information content (AvgIpc) is 2.24. The number of rotatable bonds is 5. The van der Waals surface area contributed by atoms with Crippen LogP contribution in [-0.4, -0.2) is 21.1 Å². The number of hydrogen-bond acceptors (Lipinski definition) is 4. The van der Waals surface area contributed by atoms with E-state index in [0.717, 1.165) is 17.9 Å². The standard InChI is InChI=1S/C9H14ClN3OS/c1-2-15-5-3-4-13-6-12-8(10)7(11)9(13)14/h6H,2-5,11H2,1H3. The summed E-state index contributed by atoms with van der Waals surface area (Å²) < 4.78 is 1.50. The van der Waals surface area contributed by atoms with Crippen LogP contribution in [0.3, 0.4) is 0 Å². The Balaban J connectivity index is 2.63. The van der Waals surface area contributed by atoms with Crippen LogP contribution in [-0.2, 0) is 6.54 Å². The molecule has 15 heavy (non-hydrogen) atoms. The van der Waals surface area contributed by atoms with Crippen molar-refractivity contribution in [1.82, 2.24) is 9.55 Å².